The van der Waals surface area contributed by atoms with E-state index in [1.807, 2.05) is 6.08 Å². The third-order valence-electron chi connectivity index (χ3n) is 1.45. The van der Waals surface area contributed by atoms with Crippen LogP contribution in [0.15, 0.2) is 12.7 Å². The van der Waals surface area contributed by atoms with Crippen molar-refractivity contribution in [1.82, 2.24) is 0 Å². The molecule has 0 unspecified atom stereocenters. The van der Waals surface area contributed by atoms with Gasteiger partial charge in [0.25, 0.3) is 0 Å². The fraction of sp³-hybridized carbons (Fsp3) is 0.667. The Hall–Kier alpha value is 0.0900. The second-order valence-corrected chi connectivity index (χ2v) is 3.22. The van der Waals surface area contributed by atoms with E-state index in [-0.39, 0.29) is 0 Å². The van der Waals surface area contributed by atoms with E-state index in [9.17, 15) is 0 Å². The summed E-state index contributed by atoms with van der Waals surface area (Å²) < 4.78 is 0. The van der Waals surface area contributed by atoms with Crippen LogP contribution in [0.5, 0.6) is 0 Å². The lowest BCUT2D eigenvalue weighted by atomic mass is 10.2. The molecule has 0 aliphatic heterocycles. The zero-order valence-corrected chi connectivity index (χ0v) is 7.46. The van der Waals surface area contributed by atoms with E-state index in [4.69, 9.17) is 0 Å². The summed E-state index contributed by atoms with van der Waals surface area (Å²) >= 11 is 1.70. The summed E-state index contributed by atoms with van der Waals surface area (Å²) in [6.45, 7) is 3.68. The molecule has 0 rings (SSSR count). The summed E-state index contributed by atoms with van der Waals surface area (Å²) in [4.78, 5) is 0. The van der Waals surface area contributed by atoms with E-state index in [0.717, 1.165) is 0 Å². The van der Waals surface area contributed by atoms with Gasteiger partial charge in [-0.15, -0.1) is 6.58 Å². The van der Waals surface area contributed by atoms with E-state index in [1.54, 1.807) is 11.8 Å². The Morgan fingerprint density at radius 1 is 1.10 bits per heavy atom. The van der Waals surface area contributed by atoms with Crippen LogP contribution in [0.25, 0.3) is 0 Å². The smallest absolute Gasteiger partial charge is 0.00235 e. The average molecular weight is 157 g/mol. The van der Waals surface area contributed by atoms with Gasteiger partial charge < -0.3 is 0 Å². The molecule has 0 heterocycles. The van der Waals surface area contributed by atoms with E-state index >= 15 is 0 Å². The van der Waals surface area contributed by atoms with Gasteiger partial charge in [-0.05, 0) is 25.0 Å². The average Bonchev–Trinajstić information content (AvgIpc) is 1.97. The number of allylic oxidation sites excluding steroid dienone is 1. The van der Waals surface area contributed by atoms with E-state index in [0.29, 0.717) is 0 Å². The van der Waals surface area contributed by atoms with Crippen molar-refractivity contribution in [3.8, 4) is 0 Å². The number of rotatable bonds is 7. The highest BCUT2D eigenvalue weighted by Crippen LogP contribution is 2.06. The molecule has 0 aliphatic carbocycles. The lowest BCUT2D eigenvalue weighted by Gasteiger charge is -1.96. The summed E-state index contributed by atoms with van der Waals surface area (Å²) in [6.07, 6.45) is 12.2. The Morgan fingerprint density at radius 3 is 2.40 bits per heavy atom. The van der Waals surface area contributed by atoms with Gasteiger partial charge in [0.2, 0.25) is 0 Å². The minimum atomic E-state index is 1.18. The van der Waals surface area contributed by atoms with Crippen LogP contribution in [0.2, 0.25) is 0 Å². The zero-order valence-electron chi connectivity index (χ0n) is 6.64. The van der Waals surface area contributed by atoms with Crippen molar-refractivity contribution in [1.29, 1.82) is 0 Å². The van der Waals surface area contributed by atoms with Crippen molar-refractivity contribution >= 4 is 11.8 Å². The quantitative estimate of drug-likeness (QED) is 0.401. The van der Waals surface area contributed by atoms with Gasteiger partial charge in [-0.25, -0.2) is 0 Å². The molecule has 0 saturated carbocycles. The van der Waals surface area contributed by atoms with Crippen LogP contribution in [-0.2, 0) is 0 Å². The van der Waals surface area contributed by atoms with Crippen molar-refractivity contribution in [2.45, 2.75) is 32.1 Å². The third-order valence-corrected chi connectivity index (χ3v) is 2.02. The molecule has 0 spiro atoms. The van der Waals surface area contributed by atoms with Crippen molar-refractivity contribution in [3.05, 3.63) is 18.9 Å². The van der Waals surface area contributed by atoms with Gasteiger partial charge >= 0.3 is 0 Å². The zero-order chi connectivity index (χ0) is 7.66. The second-order valence-electron chi connectivity index (χ2n) is 2.40. The number of thioether (sulfide) groups is 1. The Morgan fingerprint density at radius 2 is 1.80 bits per heavy atom. The summed E-state index contributed by atoms with van der Waals surface area (Å²) in [6, 6.07) is 0. The highest BCUT2D eigenvalue weighted by Gasteiger charge is 1.86. The standard InChI is InChI=1S/C9H17S/c1-3-4-5-6-7-8-9-10-2/h3H,1-2,4-9H2. The first-order valence-electron chi connectivity index (χ1n) is 3.89. The lowest BCUT2D eigenvalue weighted by molar-refractivity contribution is 0.679. The molecule has 0 aromatic rings. The van der Waals surface area contributed by atoms with Gasteiger partial charge in [0.1, 0.15) is 0 Å². The molecule has 0 nitrogen and oxygen atoms in total. The van der Waals surface area contributed by atoms with Crippen LogP contribution in [0.1, 0.15) is 32.1 Å². The first-order valence-corrected chi connectivity index (χ1v) is 5.05. The minimum absolute atomic E-state index is 1.18. The maximum absolute atomic E-state index is 3.72. The molecule has 0 fully saturated rings. The van der Waals surface area contributed by atoms with Crippen LogP contribution < -0.4 is 0 Å². The number of hydrogen-bond acceptors (Lipinski definition) is 1. The third kappa shape index (κ3) is 8.09. The van der Waals surface area contributed by atoms with Gasteiger partial charge in [-0.1, -0.05) is 18.9 Å². The first kappa shape index (κ1) is 10.1. The molecule has 0 bridgehead atoms. The van der Waals surface area contributed by atoms with Crippen LogP contribution >= 0.6 is 11.8 Å². The highest BCUT2D eigenvalue weighted by molar-refractivity contribution is 8.00. The minimum Gasteiger partial charge on any atom is -0.161 e. The first-order chi connectivity index (χ1) is 4.91. The van der Waals surface area contributed by atoms with Crippen LogP contribution in [0.3, 0.4) is 0 Å². The maximum atomic E-state index is 3.72. The van der Waals surface area contributed by atoms with Gasteiger partial charge in [-0.3, -0.25) is 0 Å². The van der Waals surface area contributed by atoms with E-state index in [2.05, 4.69) is 12.8 Å². The summed E-state index contributed by atoms with van der Waals surface area (Å²) in [5.41, 5.74) is 0. The van der Waals surface area contributed by atoms with Crippen molar-refractivity contribution < 1.29 is 0 Å². The van der Waals surface area contributed by atoms with Crippen LogP contribution in [-0.4, -0.2) is 5.75 Å². The molecular weight excluding hydrogens is 140 g/mol. The van der Waals surface area contributed by atoms with Crippen molar-refractivity contribution in [2.24, 2.45) is 0 Å². The highest BCUT2D eigenvalue weighted by atomic mass is 32.2. The van der Waals surface area contributed by atoms with Gasteiger partial charge in [0.05, 0.1) is 0 Å². The van der Waals surface area contributed by atoms with Gasteiger partial charge in [0.15, 0.2) is 0 Å². The Bertz CT molecular complexity index is 69.1. The maximum Gasteiger partial charge on any atom is 0.00235 e. The molecule has 0 N–H and O–H groups in total. The van der Waals surface area contributed by atoms with Gasteiger partial charge in [-0.2, -0.15) is 11.8 Å². The summed E-state index contributed by atoms with van der Waals surface area (Å²) in [7, 11) is 0. The molecule has 0 atom stereocenters. The molecule has 59 valence electrons. The van der Waals surface area contributed by atoms with Gasteiger partial charge in [0, 0.05) is 6.26 Å². The monoisotopic (exact) mass is 157 g/mol. The predicted molar refractivity (Wildman–Crippen MR) is 51.1 cm³/mol. The fourth-order valence-corrected chi connectivity index (χ4v) is 1.25. The van der Waals surface area contributed by atoms with E-state index in [1.165, 1.54) is 37.9 Å². The summed E-state index contributed by atoms with van der Waals surface area (Å²) in [5, 5.41) is 0. The Labute approximate surface area is 69.1 Å². The number of unbranched alkanes of at least 4 members (excludes halogenated alkanes) is 4. The van der Waals surface area contributed by atoms with E-state index < -0.39 is 0 Å². The molecule has 0 amide bonds. The SMILES string of the molecule is [CH2]SCCCCCCC=C. The van der Waals surface area contributed by atoms with Crippen molar-refractivity contribution in [2.75, 3.05) is 5.75 Å². The Kier molecular flexibility index (Phi) is 9.17. The van der Waals surface area contributed by atoms with Crippen LogP contribution in [0, 0.1) is 6.26 Å². The fourth-order valence-electron chi connectivity index (χ4n) is 0.846. The summed E-state index contributed by atoms with van der Waals surface area (Å²) in [5.74, 6) is 1.22. The molecule has 0 aromatic carbocycles. The topological polar surface area (TPSA) is 0 Å². The predicted octanol–water partition coefficient (Wildman–Crippen LogP) is 3.65. The number of hydrogen-bond donors (Lipinski definition) is 0. The normalized spacial score (nSPS) is 9.70. The molecule has 0 aromatic heterocycles. The molecule has 1 radical (unpaired) electrons. The lowest BCUT2D eigenvalue weighted by Crippen LogP contribution is -1.79. The molecular formula is C9H17S. The second kappa shape index (κ2) is 9.09. The van der Waals surface area contributed by atoms with Crippen molar-refractivity contribution in [3.63, 3.8) is 0 Å². The molecule has 0 saturated heterocycles. The largest absolute Gasteiger partial charge is 0.161 e. The van der Waals surface area contributed by atoms with Crippen LogP contribution in [0.4, 0.5) is 0 Å². The Balaban J connectivity index is 2.70. The molecule has 1 heteroatoms. The molecule has 0 aliphatic rings. The molecule has 10 heavy (non-hydrogen) atoms.